The molecular formula is C12H12N4O4S. The Morgan fingerprint density at radius 3 is 2.81 bits per heavy atom. The molecule has 0 aliphatic heterocycles. The molecule has 0 radical (unpaired) electrons. The number of nitrogens with zero attached hydrogens (tertiary/aromatic N) is 1. The number of anilines is 1. The van der Waals surface area contributed by atoms with Crippen molar-refractivity contribution in [2.24, 2.45) is 0 Å². The van der Waals surface area contributed by atoms with Gasteiger partial charge in [0.05, 0.1) is 11.5 Å². The molecule has 110 valence electrons. The SMILES string of the molecule is CNC(=O)c1ccc(NCc2csc(=O)[nH]2)c([N+](=O)[O-])c1. The molecule has 0 aliphatic carbocycles. The third-order valence-electron chi connectivity index (χ3n) is 2.72. The summed E-state index contributed by atoms with van der Waals surface area (Å²) in [6, 6.07) is 4.16. The molecule has 9 heteroatoms. The smallest absolute Gasteiger partial charge is 0.304 e. The van der Waals surface area contributed by atoms with Crippen molar-refractivity contribution in [3.8, 4) is 0 Å². The van der Waals surface area contributed by atoms with Gasteiger partial charge >= 0.3 is 4.87 Å². The fourth-order valence-electron chi connectivity index (χ4n) is 1.71. The lowest BCUT2D eigenvalue weighted by atomic mass is 10.1. The van der Waals surface area contributed by atoms with Crippen molar-refractivity contribution in [2.75, 3.05) is 12.4 Å². The number of amides is 1. The number of hydrogen-bond acceptors (Lipinski definition) is 6. The van der Waals surface area contributed by atoms with Crippen molar-refractivity contribution in [3.63, 3.8) is 0 Å². The van der Waals surface area contributed by atoms with E-state index in [1.807, 2.05) is 0 Å². The van der Waals surface area contributed by atoms with Crippen LogP contribution in [0.25, 0.3) is 0 Å². The molecular weight excluding hydrogens is 296 g/mol. The van der Waals surface area contributed by atoms with Crippen LogP contribution >= 0.6 is 11.3 Å². The number of nitrogens with one attached hydrogen (secondary N) is 3. The van der Waals surface area contributed by atoms with E-state index in [9.17, 15) is 19.7 Å². The van der Waals surface area contributed by atoms with Gasteiger partial charge in [0.2, 0.25) is 0 Å². The van der Waals surface area contributed by atoms with Gasteiger partial charge in [-0.25, -0.2) is 0 Å². The first-order valence-electron chi connectivity index (χ1n) is 5.92. The third kappa shape index (κ3) is 3.45. The Morgan fingerprint density at radius 1 is 1.48 bits per heavy atom. The highest BCUT2D eigenvalue weighted by atomic mass is 32.1. The van der Waals surface area contributed by atoms with Crippen LogP contribution in [0.1, 0.15) is 16.1 Å². The molecule has 0 aliphatic rings. The van der Waals surface area contributed by atoms with Gasteiger partial charge in [-0.05, 0) is 12.1 Å². The molecule has 3 N–H and O–H groups in total. The topological polar surface area (TPSA) is 117 Å². The van der Waals surface area contributed by atoms with Gasteiger partial charge in [0.25, 0.3) is 11.6 Å². The molecule has 2 rings (SSSR count). The van der Waals surface area contributed by atoms with Crippen LogP contribution in [0.4, 0.5) is 11.4 Å². The summed E-state index contributed by atoms with van der Waals surface area (Å²) < 4.78 is 0. The highest BCUT2D eigenvalue weighted by Gasteiger charge is 2.17. The Hall–Kier alpha value is -2.68. The number of H-pyrrole nitrogens is 1. The second-order valence-electron chi connectivity index (χ2n) is 4.10. The number of carbonyl (C=O) groups is 1. The molecule has 0 atom stereocenters. The zero-order valence-corrected chi connectivity index (χ0v) is 11.8. The highest BCUT2D eigenvalue weighted by molar-refractivity contribution is 7.07. The number of carbonyl (C=O) groups excluding carboxylic acids is 1. The van der Waals surface area contributed by atoms with Gasteiger partial charge in [-0.2, -0.15) is 0 Å². The third-order valence-corrected chi connectivity index (χ3v) is 3.44. The monoisotopic (exact) mass is 308 g/mol. The summed E-state index contributed by atoms with van der Waals surface area (Å²) in [5.41, 5.74) is 0.918. The summed E-state index contributed by atoms with van der Waals surface area (Å²) in [4.78, 5) is 35.4. The molecule has 1 heterocycles. The lowest BCUT2D eigenvalue weighted by Gasteiger charge is -2.07. The molecule has 0 saturated heterocycles. The number of thiazole rings is 1. The van der Waals surface area contributed by atoms with Crippen LogP contribution in [0.15, 0.2) is 28.4 Å². The van der Waals surface area contributed by atoms with Crippen LogP contribution in [-0.2, 0) is 6.54 Å². The standard InChI is InChI=1S/C12H12N4O4S/c1-13-11(17)7-2-3-9(10(4-7)16(19)20)14-5-8-6-21-12(18)15-8/h2-4,6,14H,5H2,1H3,(H,13,17)(H,15,18). The largest absolute Gasteiger partial charge is 0.374 e. The van der Waals surface area contributed by atoms with Crippen molar-refractivity contribution in [1.82, 2.24) is 10.3 Å². The van der Waals surface area contributed by atoms with Crippen LogP contribution in [-0.4, -0.2) is 22.9 Å². The second-order valence-corrected chi connectivity index (χ2v) is 4.94. The Balaban J connectivity index is 2.24. The van der Waals surface area contributed by atoms with Crippen molar-refractivity contribution in [2.45, 2.75) is 6.54 Å². The lowest BCUT2D eigenvalue weighted by molar-refractivity contribution is -0.384. The Labute approximate surface area is 123 Å². The first-order chi connectivity index (χ1) is 10.0. The predicted molar refractivity (Wildman–Crippen MR) is 78.8 cm³/mol. The number of aromatic amines is 1. The van der Waals surface area contributed by atoms with Gasteiger partial charge in [0.15, 0.2) is 0 Å². The van der Waals surface area contributed by atoms with Crippen molar-refractivity contribution in [1.29, 1.82) is 0 Å². The molecule has 2 aromatic rings. The zero-order chi connectivity index (χ0) is 15.4. The van der Waals surface area contributed by atoms with Crippen LogP contribution in [0.3, 0.4) is 0 Å². The van der Waals surface area contributed by atoms with E-state index in [-0.39, 0.29) is 28.4 Å². The van der Waals surface area contributed by atoms with E-state index in [0.717, 1.165) is 11.3 Å². The van der Waals surface area contributed by atoms with Crippen LogP contribution < -0.4 is 15.5 Å². The van der Waals surface area contributed by atoms with Gasteiger partial charge < -0.3 is 15.6 Å². The minimum atomic E-state index is -0.564. The average molecular weight is 308 g/mol. The van der Waals surface area contributed by atoms with Gasteiger partial charge in [0, 0.05) is 29.8 Å². The van der Waals surface area contributed by atoms with E-state index in [0.29, 0.717) is 5.69 Å². The van der Waals surface area contributed by atoms with Gasteiger partial charge in [-0.15, -0.1) is 0 Å². The van der Waals surface area contributed by atoms with Gasteiger partial charge in [-0.1, -0.05) is 11.3 Å². The van der Waals surface area contributed by atoms with Crippen molar-refractivity contribution < 1.29 is 9.72 Å². The Bertz CT molecular complexity index is 737. The first-order valence-corrected chi connectivity index (χ1v) is 6.80. The number of hydrogen-bond donors (Lipinski definition) is 3. The zero-order valence-electron chi connectivity index (χ0n) is 11.0. The van der Waals surface area contributed by atoms with Crippen LogP contribution in [0.5, 0.6) is 0 Å². The summed E-state index contributed by atoms with van der Waals surface area (Å²) in [6.07, 6.45) is 0. The minimum Gasteiger partial charge on any atom is -0.374 e. The molecule has 1 aromatic heterocycles. The van der Waals surface area contributed by atoms with Crippen LogP contribution in [0, 0.1) is 10.1 Å². The van der Waals surface area contributed by atoms with E-state index in [4.69, 9.17) is 0 Å². The molecule has 0 fully saturated rings. The molecule has 0 spiro atoms. The second kappa shape index (κ2) is 6.18. The van der Waals surface area contributed by atoms with Crippen LogP contribution in [0.2, 0.25) is 0 Å². The van der Waals surface area contributed by atoms with Crippen molar-refractivity contribution >= 4 is 28.6 Å². The van der Waals surface area contributed by atoms with Crippen molar-refractivity contribution in [3.05, 3.63) is 54.6 Å². The molecule has 0 unspecified atom stereocenters. The summed E-state index contributed by atoms with van der Waals surface area (Å²) in [6.45, 7) is 0.249. The fourth-order valence-corrected chi connectivity index (χ4v) is 2.29. The predicted octanol–water partition coefficient (Wildman–Crippen LogP) is 1.32. The maximum Gasteiger partial charge on any atom is 0.304 e. The van der Waals surface area contributed by atoms with E-state index in [1.165, 1.54) is 25.2 Å². The Morgan fingerprint density at radius 2 is 2.24 bits per heavy atom. The molecule has 21 heavy (non-hydrogen) atoms. The lowest BCUT2D eigenvalue weighted by Crippen LogP contribution is -2.18. The fraction of sp³-hybridized carbons (Fsp3) is 0.167. The number of aromatic nitrogens is 1. The van der Waals surface area contributed by atoms with Gasteiger partial charge in [0.1, 0.15) is 5.69 Å². The molecule has 1 amide bonds. The van der Waals surface area contributed by atoms with E-state index >= 15 is 0 Å². The maximum absolute atomic E-state index is 11.5. The normalized spacial score (nSPS) is 10.1. The van der Waals surface area contributed by atoms with Gasteiger partial charge in [-0.3, -0.25) is 19.7 Å². The van der Waals surface area contributed by atoms with E-state index in [2.05, 4.69) is 15.6 Å². The maximum atomic E-state index is 11.5. The number of benzene rings is 1. The summed E-state index contributed by atoms with van der Waals surface area (Å²) in [7, 11) is 1.45. The molecule has 0 bridgehead atoms. The quantitative estimate of drug-likeness (QED) is 0.569. The minimum absolute atomic E-state index is 0.184. The average Bonchev–Trinajstić information content (AvgIpc) is 2.89. The Kier molecular flexibility index (Phi) is 4.33. The summed E-state index contributed by atoms with van der Waals surface area (Å²) >= 11 is 1.02. The molecule has 1 aromatic carbocycles. The molecule has 0 saturated carbocycles. The van der Waals surface area contributed by atoms with E-state index < -0.39 is 10.8 Å². The first kappa shape index (κ1) is 14.7. The number of nitro benzene ring substituents is 1. The number of nitro groups is 1. The summed E-state index contributed by atoms with van der Waals surface area (Å²) in [5.74, 6) is -0.396. The summed E-state index contributed by atoms with van der Waals surface area (Å²) in [5, 5.41) is 18.0. The number of rotatable bonds is 5. The van der Waals surface area contributed by atoms with E-state index in [1.54, 1.807) is 5.38 Å². The molecule has 8 nitrogen and oxygen atoms in total. The highest BCUT2D eigenvalue weighted by Crippen LogP contribution is 2.26.